The first-order valence-electron chi connectivity index (χ1n) is 3.25. The zero-order chi connectivity index (χ0) is 9.14. The minimum absolute atomic E-state index is 0.0129. The number of halogens is 2. The number of nitriles is 1. The summed E-state index contributed by atoms with van der Waals surface area (Å²) in [5.74, 6) is -1.47. The lowest BCUT2D eigenvalue weighted by molar-refractivity contribution is 0.568. The Morgan fingerprint density at radius 1 is 1.42 bits per heavy atom. The molecule has 0 saturated heterocycles. The number of hydrogen-bond donors (Lipinski definition) is 1. The molecule has 0 amide bonds. The van der Waals surface area contributed by atoms with Crippen LogP contribution in [-0.4, -0.2) is 0 Å². The minimum Gasteiger partial charge on any atom is -0.312 e. The molecule has 12 heavy (non-hydrogen) atoms. The predicted octanol–water partition coefficient (Wildman–Crippen LogP) is 1.49. The summed E-state index contributed by atoms with van der Waals surface area (Å²) in [5.41, 5.74) is 5.23. The molecule has 0 unspecified atom stereocenters. The highest BCUT2D eigenvalue weighted by atomic mass is 19.1. The summed E-state index contributed by atoms with van der Waals surface area (Å²) in [7, 11) is 0. The summed E-state index contributed by atoms with van der Waals surface area (Å²) in [4.78, 5) is 0. The van der Waals surface area contributed by atoms with Gasteiger partial charge < -0.3 is 5.73 Å². The van der Waals surface area contributed by atoms with Crippen LogP contribution in [0.3, 0.4) is 0 Å². The monoisotopic (exact) mass is 168 g/mol. The van der Waals surface area contributed by atoms with Crippen LogP contribution < -0.4 is 5.73 Å². The van der Waals surface area contributed by atoms with Crippen molar-refractivity contribution in [2.75, 3.05) is 0 Å². The van der Waals surface area contributed by atoms with E-state index in [4.69, 9.17) is 11.0 Å². The van der Waals surface area contributed by atoms with Crippen molar-refractivity contribution >= 4 is 0 Å². The summed E-state index contributed by atoms with van der Waals surface area (Å²) < 4.78 is 25.2. The van der Waals surface area contributed by atoms with Gasteiger partial charge >= 0.3 is 0 Å². The van der Waals surface area contributed by atoms with Gasteiger partial charge in [0.05, 0.1) is 6.07 Å². The zero-order valence-electron chi connectivity index (χ0n) is 6.09. The first kappa shape index (κ1) is 8.62. The molecular weight excluding hydrogens is 162 g/mol. The molecule has 62 valence electrons. The average molecular weight is 168 g/mol. The third kappa shape index (κ3) is 1.57. The van der Waals surface area contributed by atoms with E-state index in [2.05, 4.69) is 0 Å². The highest BCUT2D eigenvalue weighted by Gasteiger charge is 2.10. The van der Waals surface area contributed by atoms with Crippen LogP contribution in [-0.2, 0) is 0 Å². The van der Waals surface area contributed by atoms with Gasteiger partial charge in [0.1, 0.15) is 17.7 Å². The largest absolute Gasteiger partial charge is 0.312 e. The smallest absolute Gasteiger partial charge is 0.131 e. The van der Waals surface area contributed by atoms with Gasteiger partial charge in [0.15, 0.2) is 0 Å². The van der Waals surface area contributed by atoms with Crippen LogP contribution in [0, 0.1) is 23.0 Å². The molecule has 0 radical (unpaired) electrons. The van der Waals surface area contributed by atoms with Crippen molar-refractivity contribution in [3.63, 3.8) is 0 Å². The summed E-state index contributed by atoms with van der Waals surface area (Å²) in [5, 5.41) is 8.35. The molecule has 0 spiro atoms. The van der Waals surface area contributed by atoms with Crippen LogP contribution in [0.2, 0.25) is 0 Å². The van der Waals surface area contributed by atoms with E-state index < -0.39 is 17.7 Å². The van der Waals surface area contributed by atoms with Crippen LogP contribution in [0.5, 0.6) is 0 Å². The van der Waals surface area contributed by atoms with Gasteiger partial charge in [-0.05, 0) is 6.07 Å². The fourth-order valence-electron chi connectivity index (χ4n) is 0.823. The first-order valence-corrected chi connectivity index (χ1v) is 3.25. The fourth-order valence-corrected chi connectivity index (χ4v) is 0.823. The molecule has 1 rings (SSSR count). The van der Waals surface area contributed by atoms with Gasteiger partial charge in [0.2, 0.25) is 0 Å². The van der Waals surface area contributed by atoms with Gasteiger partial charge in [0, 0.05) is 11.6 Å². The van der Waals surface area contributed by atoms with Crippen molar-refractivity contribution in [2.45, 2.75) is 6.04 Å². The molecule has 0 aliphatic rings. The van der Waals surface area contributed by atoms with E-state index in [-0.39, 0.29) is 5.56 Å². The molecule has 0 bridgehead atoms. The molecule has 2 N–H and O–H groups in total. The maximum atomic E-state index is 12.8. The van der Waals surface area contributed by atoms with Crippen molar-refractivity contribution in [3.05, 3.63) is 35.4 Å². The molecule has 2 nitrogen and oxygen atoms in total. The Morgan fingerprint density at radius 2 is 2.08 bits per heavy atom. The second kappa shape index (κ2) is 3.28. The van der Waals surface area contributed by atoms with Gasteiger partial charge in [-0.25, -0.2) is 8.78 Å². The molecule has 1 aromatic rings. The molecule has 0 fully saturated rings. The van der Waals surface area contributed by atoms with E-state index in [0.29, 0.717) is 6.07 Å². The van der Waals surface area contributed by atoms with Crippen molar-refractivity contribution in [1.82, 2.24) is 0 Å². The van der Waals surface area contributed by atoms with Crippen molar-refractivity contribution in [2.24, 2.45) is 5.73 Å². The Bertz CT molecular complexity index is 330. The minimum atomic E-state index is -1.04. The third-order valence-corrected chi connectivity index (χ3v) is 1.44. The topological polar surface area (TPSA) is 49.8 Å². The Balaban J connectivity index is 3.11. The van der Waals surface area contributed by atoms with Gasteiger partial charge in [-0.15, -0.1) is 0 Å². The molecule has 1 aromatic carbocycles. The van der Waals surface area contributed by atoms with Crippen LogP contribution in [0.25, 0.3) is 0 Å². The van der Waals surface area contributed by atoms with Gasteiger partial charge in [0.25, 0.3) is 0 Å². The average Bonchev–Trinajstić information content (AvgIpc) is 2.03. The van der Waals surface area contributed by atoms with Crippen molar-refractivity contribution in [1.29, 1.82) is 5.26 Å². The standard InChI is InChI=1S/C8H6F2N2/c9-5-1-2-6(7(10)3-5)8(12)4-11/h1-3,8H,12H2/t8-/m1/s1. The lowest BCUT2D eigenvalue weighted by Crippen LogP contribution is -2.09. The van der Waals surface area contributed by atoms with Gasteiger partial charge in [-0.3, -0.25) is 0 Å². The van der Waals surface area contributed by atoms with E-state index >= 15 is 0 Å². The van der Waals surface area contributed by atoms with Crippen molar-refractivity contribution in [3.8, 4) is 6.07 Å². The summed E-state index contributed by atoms with van der Waals surface area (Å²) in [6.07, 6.45) is 0. The van der Waals surface area contributed by atoms with E-state index in [1.54, 1.807) is 6.07 Å². The molecule has 0 saturated carbocycles. The SMILES string of the molecule is N#C[C@@H](N)c1ccc(F)cc1F. The van der Waals surface area contributed by atoms with E-state index in [0.717, 1.165) is 6.07 Å². The first-order chi connectivity index (χ1) is 5.65. The summed E-state index contributed by atoms with van der Waals surface area (Å²) in [6, 6.07) is 3.55. The van der Waals surface area contributed by atoms with Gasteiger partial charge in [-0.1, -0.05) is 6.07 Å². The van der Waals surface area contributed by atoms with Crippen LogP contribution in [0.4, 0.5) is 8.78 Å². The lowest BCUT2D eigenvalue weighted by atomic mass is 10.1. The second-order valence-electron chi connectivity index (χ2n) is 2.27. The Kier molecular flexibility index (Phi) is 2.36. The number of hydrogen-bond acceptors (Lipinski definition) is 2. The summed E-state index contributed by atoms with van der Waals surface area (Å²) >= 11 is 0. The molecule has 0 aliphatic heterocycles. The molecule has 0 aliphatic carbocycles. The maximum absolute atomic E-state index is 12.8. The van der Waals surface area contributed by atoms with Crippen LogP contribution in [0.1, 0.15) is 11.6 Å². The second-order valence-corrected chi connectivity index (χ2v) is 2.27. The zero-order valence-corrected chi connectivity index (χ0v) is 6.09. The predicted molar refractivity (Wildman–Crippen MR) is 38.9 cm³/mol. The lowest BCUT2D eigenvalue weighted by Gasteiger charge is -2.03. The number of benzene rings is 1. The summed E-state index contributed by atoms with van der Waals surface area (Å²) in [6.45, 7) is 0. The van der Waals surface area contributed by atoms with Crippen LogP contribution in [0.15, 0.2) is 18.2 Å². The quantitative estimate of drug-likeness (QED) is 0.690. The van der Waals surface area contributed by atoms with Gasteiger partial charge in [-0.2, -0.15) is 5.26 Å². The number of rotatable bonds is 1. The maximum Gasteiger partial charge on any atom is 0.131 e. The molecule has 4 heteroatoms. The highest BCUT2D eigenvalue weighted by Crippen LogP contribution is 2.14. The molecule has 0 aromatic heterocycles. The third-order valence-electron chi connectivity index (χ3n) is 1.44. The van der Waals surface area contributed by atoms with Crippen LogP contribution >= 0.6 is 0 Å². The Labute approximate surface area is 68.2 Å². The van der Waals surface area contributed by atoms with Crippen molar-refractivity contribution < 1.29 is 8.78 Å². The van der Waals surface area contributed by atoms with E-state index in [1.807, 2.05) is 0 Å². The molecule has 0 heterocycles. The Hall–Kier alpha value is -1.47. The molecular formula is C8H6F2N2. The highest BCUT2D eigenvalue weighted by molar-refractivity contribution is 5.25. The number of nitrogens with zero attached hydrogens (tertiary/aromatic N) is 1. The fraction of sp³-hybridized carbons (Fsp3) is 0.125. The normalized spacial score (nSPS) is 12.2. The number of nitrogens with two attached hydrogens (primary N) is 1. The molecule has 1 atom stereocenters. The Morgan fingerprint density at radius 3 is 2.58 bits per heavy atom. The van der Waals surface area contributed by atoms with E-state index in [1.165, 1.54) is 6.07 Å². The van der Waals surface area contributed by atoms with E-state index in [9.17, 15) is 8.78 Å².